The molecule has 0 heterocycles. The normalized spacial score (nSPS) is 11.7. The van der Waals surface area contributed by atoms with E-state index in [0.717, 1.165) is 17.9 Å². The van der Waals surface area contributed by atoms with Crippen LogP contribution < -0.4 is 10.6 Å². The molecule has 0 radical (unpaired) electrons. The van der Waals surface area contributed by atoms with Crippen molar-refractivity contribution >= 4 is 39.8 Å². The fraction of sp³-hybridized carbons (Fsp3) is 0.533. The van der Waals surface area contributed by atoms with E-state index in [9.17, 15) is 8.42 Å². The molecule has 0 fully saturated rings. The minimum Gasteiger partial charge on any atom is -0.380 e. The molecule has 0 aromatic heterocycles. The van der Waals surface area contributed by atoms with Crippen molar-refractivity contribution in [2.45, 2.75) is 18.2 Å². The number of guanidine groups is 1. The smallest absolute Gasteiger partial charge is 0.191 e. The minimum atomic E-state index is -3.13. The summed E-state index contributed by atoms with van der Waals surface area (Å²) in [5.74, 6) is 0.729. The summed E-state index contributed by atoms with van der Waals surface area (Å²) in [6, 6.07) is 6.95. The van der Waals surface area contributed by atoms with Gasteiger partial charge in [0.2, 0.25) is 0 Å². The Kier molecular flexibility index (Phi) is 11.2. The van der Waals surface area contributed by atoms with Crippen LogP contribution in [-0.2, 0) is 21.0 Å². The third kappa shape index (κ3) is 9.11. The number of hydrogen-bond donors (Lipinski definition) is 2. The SMILES string of the molecule is CCOCCNC(=NC)NCCc1ccc(S(C)(=O)=O)cc1.I. The van der Waals surface area contributed by atoms with Gasteiger partial charge in [-0.05, 0) is 31.0 Å². The third-order valence-corrected chi connectivity index (χ3v) is 4.15. The number of aliphatic imine (C=N–C) groups is 1. The van der Waals surface area contributed by atoms with E-state index in [-0.39, 0.29) is 24.0 Å². The lowest BCUT2D eigenvalue weighted by atomic mass is 10.1. The molecule has 0 aliphatic rings. The van der Waals surface area contributed by atoms with Gasteiger partial charge in [-0.15, -0.1) is 24.0 Å². The van der Waals surface area contributed by atoms with Crippen LogP contribution in [0.15, 0.2) is 34.2 Å². The second-order valence-corrected chi connectivity index (χ2v) is 6.80. The van der Waals surface area contributed by atoms with E-state index < -0.39 is 9.84 Å². The molecule has 23 heavy (non-hydrogen) atoms. The van der Waals surface area contributed by atoms with Gasteiger partial charge in [0, 0.05) is 33.0 Å². The van der Waals surface area contributed by atoms with Crippen LogP contribution in [0.3, 0.4) is 0 Å². The van der Waals surface area contributed by atoms with Crippen molar-refractivity contribution in [2.75, 3.05) is 39.6 Å². The molecule has 1 rings (SSSR count). The molecular formula is C15H26IN3O3S. The summed E-state index contributed by atoms with van der Waals surface area (Å²) in [4.78, 5) is 4.47. The maximum atomic E-state index is 11.4. The van der Waals surface area contributed by atoms with Gasteiger partial charge < -0.3 is 15.4 Å². The summed E-state index contributed by atoms with van der Waals surface area (Å²) < 4.78 is 28.0. The van der Waals surface area contributed by atoms with Crippen molar-refractivity contribution in [2.24, 2.45) is 4.99 Å². The lowest BCUT2D eigenvalue weighted by Gasteiger charge is -2.12. The van der Waals surface area contributed by atoms with E-state index in [1.54, 1.807) is 19.2 Å². The van der Waals surface area contributed by atoms with Crippen molar-refractivity contribution in [3.05, 3.63) is 29.8 Å². The molecule has 1 aromatic carbocycles. The zero-order valence-corrected chi connectivity index (χ0v) is 17.0. The topological polar surface area (TPSA) is 79.8 Å². The molecule has 2 N–H and O–H groups in total. The van der Waals surface area contributed by atoms with Gasteiger partial charge in [-0.2, -0.15) is 0 Å². The van der Waals surface area contributed by atoms with E-state index in [1.165, 1.54) is 6.26 Å². The largest absolute Gasteiger partial charge is 0.380 e. The Morgan fingerprint density at radius 3 is 2.30 bits per heavy atom. The summed E-state index contributed by atoms with van der Waals surface area (Å²) >= 11 is 0. The van der Waals surface area contributed by atoms with Crippen LogP contribution in [0.5, 0.6) is 0 Å². The van der Waals surface area contributed by atoms with Gasteiger partial charge in [-0.1, -0.05) is 12.1 Å². The number of ether oxygens (including phenoxy) is 1. The average Bonchev–Trinajstić information content (AvgIpc) is 2.49. The van der Waals surface area contributed by atoms with Crippen molar-refractivity contribution in [1.29, 1.82) is 0 Å². The summed E-state index contributed by atoms with van der Waals surface area (Å²) in [5.41, 5.74) is 1.07. The fourth-order valence-corrected chi connectivity index (χ4v) is 2.47. The van der Waals surface area contributed by atoms with Crippen molar-refractivity contribution in [3.8, 4) is 0 Å². The monoisotopic (exact) mass is 455 g/mol. The Morgan fingerprint density at radius 2 is 1.78 bits per heavy atom. The number of halogens is 1. The number of nitrogens with one attached hydrogen (secondary N) is 2. The molecule has 0 saturated carbocycles. The standard InChI is InChI=1S/C15H25N3O3S.HI/c1-4-21-12-11-18-15(16-2)17-10-9-13-5-7-14(8-6-13)22(3,19)20;/h5-8H,4,9-12H2,1-3H3,(H2,16,17,18);1H. The summed E-state index contributed by atoms with van der Waals surface area (Å²) in [5, 5.41) is 6.36. The Labute approximate surface area is 156 Å². The summed E-state index contributed by atoms with van der Waals surface area (Å²) in [6.45, 7) is 4.73. The molecule has 6 nitrogen and oxygen atoms in total. The lowest BCUT2D eigenvalue weighted by molar-refractivity contribution is 0.152. The predicted molar refractivity (Wildman–Crippen MR) is 105 cm³/mol. The highest BCUT2D eigenvalue weighted by molar-refractivity contribution is 14.0. The minimum absolute atomic E-state index is 0. The number of nitrogens with zero attached hydrogens (tertiary/aromatic N) is 1. The molecule has 0 aliphatic carbocycles. The average molecular weight is 455 g/mol. The van der Waals surface area contributed by atoms with Gasteiger partial charge in [0.05, 0.1) is 11.5 Å². The Hall–Kier alpha value is -0.870. The Morgan fingerprint density at radius 1 is 1.17 bits per heavy atom. The Balaban J connectivity index is 0.00000484. The van der Waals surface area contributed by atoms with Gasteiger partial charge in [-0.25, -0.2) is 8.42 Å². The van der Waals surface area contributed by atoms with Gasteiger partial charge in [0.1, 0.15) is 0 Å². The molecule has 0 atom stereocenters. The van der Waals surface area contributed by atoms with Gasteiger partial charge in [0.15, 0.2) is 15.8 Å². The summed E-state index contributed by atoms with van der Waals surface area (Å²) in [7, 11) is -1.41. The number of benzene rings is 1. The molecular weight excluding hydrogens is 429 g/mol. The fourth-order valence-electron chi connectivity index (χ4n) is 1.84. The molecule has 1 aromatic rings. The zero-order chi connectivity index (χ0) is 16.4. The second kappa shape index (κ2) is 11.6. The summed E-state index contributed by atoms with van der Waals surface area (Å²) in [6.07, 6.45) is 2.00. The quantitative estimate of drug-likeness (QED) is 0.269. The van der Waals surface area contributed by atoms with E-state index in [4.69, 9.17) is 4.74 Å². The first-order chi connectivity index (χ1) is 10.5. The highest BCUT2D eigenvalue weighted by Gasteiger charge is 2.06. The van der Waals surface area contributed by atoms with Crippen LogP contribution in [0, 0.1) is 0 Å². The number of hydrogen-bond acceptors (Lipinski definition) is 4. The van der Waals surface area contributed by atoms with E-state index in [2.05, 4.69) is 15.6 Å². The molecule has 0 spiro atoms. The van der Waals surface area contributed by atoms with E-state index in [0.29, 0.717) is 31.2 Å². The lowest BCUT2D eigenvalue weighted by Crippen LogP contribution is -2.39. The van der Waals surface area contributed by atoms with Gasteiger partial charge >= 0.3 is 0 Å². The van der Waals surface area contributed by atoms with Gasteiger partial charge in [-0.3, -0.25) is 4.99 Å². The van der Waals surface area contributed by atoms with Crippen LogP contribution in [-0.4, -0.2) is 54.0 Å². The Bertz CT molecular complexity index is 574. The predicted octanol–water partition coefficient (Wildman–Crippen LogP) is 1.45. The highest BCUT2D eigenvalue weighted by atomic mass is 127. The van der Waals surface area contributed by atoms with Crippen LogP contribution in [0.4, 0.5) is 0 Å². The maximum absolute atomic E-state index is 11.4. The molecule has 132 valence electrons. The first-order valence-corrected chi connectivity index (χ1v) is 9.17. The molecule has 0 bridgehead atoms. The van der Waals surface area contributed by atoms with Crippen LogP contribution in [0.2, 0.25) is 0 Å². The third-order valence-electron chi connectivity index (χ3n) is 3.02. The molecule has 8 heteroatoms. The van der Waals surface area contributed by atoms with Crippen LogP contribution >= 0.6 is 24.0 Å². The molecule has 0 amide bonds. The number of rotatable bonds is 8. The van der Waals surface area contributed by atoms with Crippen molar-refractivity contribution in [3.63, 3.8) is 0 Å². The number of sulfone groups is 1. The van der Waals surface area contributed by atoms with Crippen molar-refractivity contribution in [1.82, 2.24) is 10.6 Å². The maximum Gasteiger partial charge on any atom is 0.191 e. The molecule has 0 saturated heterocycles. The first-order valence-electron chi connectivity index (χ1n) is 7.28. The highest BCUT2D eigenvalue weighted by Crippen LogP contribution is 2.10. The molecule has 0 aliphatic heterocycles. The van der Waals surface area contributed by atoms with Crippen LogP contribution in [0.25, 0.3) is 0 Å². The zero-order valence-electron chi connectivity index (χ0n) is 13.8. The van der Waals surface area contributed by atoms with E-state index >= 15 is 0 Å². The van der Waals surface area contributed by atoms with Crippen LogP contribution in [0.1, 0.15) is 12.5 Å². The van der Waals surface area contributed by atoms with Gasteiger partial charge in [0.25, 0.3) is 0 Å². The van der Waals surface area contributed by atoms with E-state index in [1.807, 2.05) is 19.1 Å². The second-order valence-electron chi connectivity index (χ2n) is 4.79. The van der Waals surface area contributed by atoms with Crippen molar-refractivity contribution < 1.29 is 13.2 Å². The first kappa shape index (κ1) is 22.1. The molecule has 0 unspecified atom stereocenters.